The summed E-state index contributed by atoms with van der Waals surface area (Å²) in [6, 6.07) is 1.47. The molecule has 0 spiro atoms. The largest absolute Gasteiger partial charge is 0.383 e. The summed E-state index contributed by atoms with van der Waals surface area (Å²) in [6.45, 7) is 6.73. The second-order valence-electron chi connectivity index (χ2n) is 5.36. The number of likely N-dealkylation sites (tertiary alicyclic amines) is 1. The molecule has 1 saturated heterocycles. The van der Waals surface area contributed by atoms with E-state index in [0.29, 0.717) is 0 Å². The first kappa shape index (κ1) is 12.3. The van der Waals surface area contributed by atoms with Crippen LogP contribution >= 0.6 is 0 Å². The van der Waals surface area contributed by atoms with Crippen LogP contribution in [0.3, 0.4) is 0 Å². The van der Waals surface area contributed by atoms with Crippen LogP contribution < -0.4 is 5.32 Å². The van der Waals surface area contributed by atoms with Crippen molar-refractivity contribution in [2.45, 2.75) is 44.7 Å². The third-order valence-electron chi connectivity index (χ3n) is 4.09. The Hall–Kier alpha value is -0.120. The summed E-state index contributed by atoms with van der Waals surface area (Å²) in [5, 5.41) is 3.71. The van der Waals surface area contributed by atoms with Crippen molar-refractivity contribution < 1.29 is 4.74 Å². The van der Waals surface area contributed by atoms with Crippen molar-refractivity contribution in [1.82, 2.24) is 10.2 Å². The molecular formula is C13H26N2O. The van der Waals surface area contributed by atoms with Gasteiger partial charge in [-0.25, -0.2) is 0 Å². The predicted molar refractivity (Wildman–Crippen MR) is 66.7 cm³/mol. The molecular weight excluding hydrogens is 200 g/mol. The Kier molecular flexibility index (Phi) is 4.62. The van der Waals surface area contributed by atoms with Gasteiger partial charge in [0.25, 0.3) is 0 Å². The molecule has 2 aliphatic rings. The van der Waals surface area contributed by atoms with E-state index in [0.717, 1.165) is 31.2 Å². The van der Waals surface area contributed by atoms with E-state index < -0.39 is 0 Å². The molecule has 1 aliphatic heterocycles. The highest BCUT2D eigenvalue weighted by atomic mass is 16.5. The Bertz CT molecular complexity index is 206. The third-order valence-corrected chi connectivity index (χ3v) is 4.09. The first-order valence-corrected chi connectivity index (χ1v) is 6.77. The molecule has 1 aliphatic carbocycles. The minimum absolute atomic E-state index is 0.727. The van der Waals surface area contributed by atoms with Gasteiger partial charge in [0.1, 0.15) is 0 Å². The van der Waals surface area contributed by atoms with Crippen LogP contribution in [0.25, 0.3) is 0 Å². The fourth-order valence-corrected chi connectivity index (χ4v) is 2.71. The fraction of sp³-hybridized carbons (Fsp3) is 1.00. The Labute approximate surface area is 99.5 Å². The van der Waals surface area contributed by atoms with Crippen molar-refractivity contribution in [3.05, 3.63) is 0 Å². The second kappa shape index (κ2) is 5.99. The molecule has 2 unspecified atom stereocenters. The van der Waals surface area contributed by atoms with Gasteiger partial charge in [0.15, 0.2) is 0 Å². The normalized spacial score (nSPS) is 28.5. The van der Waals surface area contributed by atoms with E-state index in [1.807, 2.05) is 0 Å². The number of nitrogens with one attached hydrogen (secondary N) is 1. The van der Waals surface area contributed by atoms with Crippen LogP contribution in [-0.2, 0) is 4.74 Å². The van der Waals surface area contributed by atoms with Crippen molar-refractivity contribution in [1.29, 1.82) is 0 Å². The van der Waals surface area contributed by atoms with Gasteiger partial charge in [-0.1, -0.05) is 0 Å². The van der Waals surface area contributed by atoms with Gasteiger partial charge in [-0.3, -0.25) is 4.90 Å². The molecule has 0 amide bonds. The molecule has 2 fully saturated rings. The second-order valence-corrected chi connectivity index (χ2v) is 5.36. The van der Waals surface area contributed by atoms with Gasteiger partial charge in [-0.05, 0) is 45.1 Å². The van der Waals surface area contributed by atoms with Crippen molar-refractivity contribution in [2.75, 3.05) is 33.4 Å². The van der Waals surface area contributed by atoms with Gasteiger partial charge in [0, 0.05) is 32.3 Å². The molecule has 2 rings (SSSR count). The smallest absolute Gasteiger partial charge is 0.0589 e. The summed E-state index contributed by atoms with van der Waals surface area (Å²) in [5.41, 5.74) is 0. The van der Waals surface area contributed by atoms with Crippen LogP contribution in [-0.4, -0.2) is 50.3 Å². The van der Waals surface area contributed by atoms with Crippen LogP contribution in [0.5, 0.6) is 0 Å². The number of methoxy groups -OCH3 is 1. The first-order valence-electron chi connectivity index (χ1n) is 6.77. The molecule has 0 radical (unpaired) electrons. The maximum absolute atomic E-state index is 5.16. The maximum Gasteiger partial charge on any atom is 0.0589 e. The molecule has 2 atom stereocenters. The van der Waals surface area contributed by atoms with Gasteiger partial charge < -0.3 is 10.1 Å². The standard InChI is InChI=1S/C13H26N2O/c1-11(12-5-6-12)14-10-13-4-3-7-15(13)8-9-16-2/h11-14H,3-10H2,1-2H3. The minimum Gasteiger partial charge on any atom is -0.383 e. The number of hydrogen-bond acceptors (Lipinski definition) is 3. The highest BCUT2D eigenvalue weighted by molar-refractivity contribution is 4.86. The lowest BCUT2D eigenvalue weighted by atomic mass is 10.1. The van der Waals surface area contributed by atoms with E-state index in [2.05, 4.69) is 17.1 Å². The summed E-state index contributed by atoms with van der Waals surface area (Å²) in [5.74, 6) is 0.967. The van der Waals surface area contributed by atoms with Gasteiger partial charge >= 0.3 is 0 Å². The average molecular weight is 226 g/mol. The minimum atomic E-state index is 0.727. The molecule has 3 nitrogen and oxygen atoms in total. The molecule has 0 bridgehead atoms. The molecule has 16 heavy (non-hydrogen) atoms. The molecule has 3 heteroatoms. The molecule has 94 valence electrons. The van der Waals surface area contributed by atoms with Crippen LogP contribution in [0.4, 0.5) is 0 Å². The average Bonchev–Trinajstić information content (AvgIpc) is 3.04. The Morgan fingerprint density at radius 3 is 2.88 bits per heavy atom. The van der Waals surface area contributed by atoms with Crippen LogP contribution in [0.1, 0.15) is 32.6 Å². The van der Waals surface area contributed by atoms with Crippen LogP contribution in [0.2, 0.25) is 0 Å². The van der Waals surface area contributed by atoms with Gasteiger partial charge in [0.2, 0.25) is 0 Å². The Morgan fingerprint density at radius 2 is 2.19 bits per heavy atom. The SMILES string of the molecule is COCCN1CCCC1CNC(C)C1CC1. The highest BCUT2D eigenvalue weighted by Gasteiger charge is 2.29. The van der Waals surface area contributed by atoms with Gasteiger partial charge in [-0.15, -0.1) is 0 Å². The van der Waals surface area contributed by atoms with Crippen molar-refractivity contribution >= 4 is 0 Å². The fourth-order valence-electron chi connectivity index (χ4n) is 2.71. The number of hydrogen-bond donors (Lipinski definition) is 1. The Morgan fingerprint density at radius 1 is 1.38 bits per heavy atom. The zero-order chi connectivity index (χ0) is 11.4. The molecule has 1 saturated carbocycles. The van der Waals surface area contributed by atoms with Crippen LogP contribution in [0.15, 0.2) is 0 Å². The van der Waals surface area contributed by atoms with Gasteiger partial charge in [0.05, 0.1) is 6.61 Å². The van der Waals surface area contributed by atoms with E-state index in [-0.39, 0.29) is 0 Å². The van der Waals surface area contributed by atoms with Crippen molar-refractivity contribution in [3.63, 3.8) is 0 Å². The monoisotopic (exact) mass is 226 g/mol. The van der Waals surface area contributed by atoms with Crippen molar-refractivity contribution in [2.24, 2.45) is 5.92 Å². The zero-order valence-corrected chi connectivity index (χ0v) is 10.7. The van der Waals surface area contributed by atoms with E-state index in [1.165, 1.54) is 38.8 Å². The van der Waals surface area contributed by atoms with Crippen LogP contribution in [0, 0.1) is 5.92 Å². The van der Waals surface area contributed by atoms with E-state index in [1.54, 1.807) is 7.11 Å². The molecule has 1 N–H and O–H groups in total. The number of rotatable bonds is 7. The molecule has 0 aromatic heterocycles. The third kappa shape index (κ3) is 3.44. The summed E-state index contributed by atoms with van der Waals surface area (Å²) < 4.78 is 5.16. The summed E-state index contributed by atoms with van der Waals surface area (Å²) in [4.78, 5) is 2.58. The summed E-state index contributed by atoms with van der Waals surface area (Å²) in [6.07, 6.45) is 5.58. The van der Waals surface area contributed by atoms with E-state index in [4.69, 9.17) is 4.74 Å². The number of nitrogens with zero attached hydrogens (tertiary/aromatic N) is 1. The zero-order valence-electron chi connectivity index (χ0n) is 10.7. The summed E-state index contributed by atoms with van der Waals surface area (Å²) in [7, 11) is 1.79. The lowest BCUT2D eigenvalue weighted by Gasteiger charge is -2.26. The molecule has 0 aromatic carbocycles. The van der Waals surface area contributed by atoms with Gasteiger partial charge in [-0.2, -0.15) is 0 Å². The lowest BCUT2D eigenvalue weighted by Crippen LogP contribution is -2.42. The Balaban J connectivity index is 1.66. The molecule has 1 heterocycles. The number of ether oxygens (including phenoxy) is 1. The summed E-state index contributed by atoms with van der Waals surface area (Å²) >= 11 is 0. The lowest BCUT2D eigenvalue weighted by molar-refractivity contribution is 0.139. The van der Waals surface area contributed by atoms with E-state index in [9.17, 15) is 0 Å². The highest BCUT2D eigenvalue weighted by Crippen LogP contribution is 2.32. The quantitative estimate of drug-likeness (QED) is 0.712. The maximum atomic E-state index is 5.16. The van der Waals surface area contributed by atoms with Crippen molar-refractivity contribution in [3.8, 4) is 0 Å². The predicted octanol–water partition coefficient (Wildman–Crippen LogP) is 1.49. The van der Waals surface area contributed by atoms with E-state index >= 15 is 0 Å². The first-order chi connectivity index (χ1) is 7.81. The molecule has 0 aromatic rings. The topological polar surface area (TPSA) is 24.5 Å².